The lowest BCUT2D eigenvalue weighted by Crippen LogP contribution is -2.41. The predicted octanol–water partition coefficient (Wildman–Crippen LogP) is 1.18. The number of amides is 1. The molecule has 1 fully saturated rings. The lowest BCUT2D eigenvalue weighted by Gasteiger charge is -2.12. The molecule has 19 heavy (non-hydrogen) atoms. The number of hydrogen-bond acceptors (Lipinski definition) is 3. The summed E-state index contributed by atoms with van der Waals surface area (Å²) >= 11 is 0. The van der Waals surface area contributed by atoms with Gasteiger partial charge in [-0.1, -0.05) is 0 Å². The summed E-state index contributed by atoms with van der Waals surface area (Å²) in [7, 11) is 0.984. The molecule has 0 saturated carbocycles. The third kappa shape index (κ3) is 1.96. The standard InChI is InChI=1S/C10H8F3N3O3/c1-14-9(18)8(16(19)15(14)10(12)13)6-3-2-5(17)4-7(6)11/h2-4,8,10H,1H3/p+1. The second-order valence-corrected chi connectivity index (χ2v) is 3.87. The van der Waals surface area contributed by atoms with Gasteiger partial charge >= 0.3 is 18.5 Å². The van der Waals surface area contributed by atoms with Gasteiger partial charge in [0.05, 0.1) is 10.5 Å². The third-order valence-corrected chi connectivity index (χ3v) is 2.74. The molecule has 1 N–H and O–H groups in total. The number of carbonyl (C=O) groups excluding carboxylic acids is 1. The van der Waals surface area contributed by atoms with Crippen molar-refractivity contribution in [2.45, 2.75) is 12.6 Å². The van der Waals surface area contributed by atoms with Gasteiger partial charge in [-0.15, -0.1) is 0 Å². The van der Waals surface area contributed by atoms with Crippen molar-refractivity contribution in [2.75, 3.05) is 7.05 Å². The fourth-order valence-electron chi connectivity index (χ4n) is 1.83. The molecule has 0 bridgehead atoms. The summed E-state index contributed by atoms with van der Waals surface area (Å²) in [4.78, 5) is 23.1. The second kappa shape index (κ2) is 4.41. The highest BCUT2D eigenvalue weighted by Crippen LogP contribution is 2.32. The summed E-state index contributed by atoms with van der Waals surface area (Å²) < 4.78 is 38.9. The molecule has 1 saturated heterocycles. The highest BCUT2D eigenvalue weighted by atomic mass is 19.3. The molecule has 6 nitrogen and oxygen atoms in total. The van der Waals surface area contributed by atoms with Crippen molar-refractivity contribution in [2.24, 2.45) is 0 Å². The Bertz CT molecular complexity index is 552. The molecule has 2 rings (SSSR count). The van der Waals surface area contributed by atoms with E-state index in [4.69, 9.17) is 5.11 Å². The Morgan fingerprint density at radius 1 is 1.42 bits per heavy atom. The minimum atomic E-state index is -3.23. The van der Waals surface area contributed by atoms with E-state index >= 15 is 0 Å². The number of phenols is 1. The summed E-state index contributed by atoms with van der Waals surface area (Å²) in [6.45, 7) is -3.23. The first-order valence-corrected chi connectivity index (χ1v) is 5.14. The molecule has 1 aliphatic rings. The van der Waals surface area contributed by atoms with Gasteiger partial charge in [0.25, 0.3) is 0 Å². The zero-order valence-electron chi connectivity index (χ0n) is 9.63. The van der Waals surface area contributed by atoms with Gasteiger partial charge in [0, 0.05) is 18.2 Å². The average Bonchev–Trinajstić information content (AvgIpc) is 2.52. The van der Waals surface area contributed by atoms with Crippen LogP contribution in [-0.4, -0.2) is 39.6 Å². The van der Waals surface area contributed by atoms with Crippen molar-refractivity contribution in [1.82, 2.24) is 10.1 Å². The van der Waals surface area contributed by atoms with Crippen molar-refractivity contribution in [3.8, 4) is 5.75 Å². The van der Waals surface area contributed by atoms with Gasteiger partial charge in [-0.3, -0.25) is 4.79 Å². The fourth-order valence-corrected chi connectivity index (χ4v) is 1.83. The first kappa shape index (κ1) is 13.1. The number of hydrazine groups is 2. The first-order chi connectivity index (χ1) is 8.84. The van der Waals surface area contributed by atoms with E-state index in [-0.39, 0.29) is 15.6 Å². The van der Waals surface area contributed by atoms with E-state index < -0.39 is 30.1 Å². The summed E-state index contributed by atoms with van der Waals surface area (Å²) in [5.74, 6) is -2.41. The molecule has 9 heteroatoms. The molecule has 0 spiro atoms. The monoisotopic (exact) mass is 276 g/mol. The van der Waals surface area contributed by atoms with E-state index in [1.54, 1.807) is 0 Å². The Morgan fingerprint density at radius 2 is 2.05 bits per heavy atom. The maximum atomic E-state index is 13.6. The van der Waals surface area contributed by atoms with Crippen LogP contribution in [0.5, 0.6) is 5.75 Å². The van der Waals surface area contributed by atoms with E-state index in [0.29, 0.717) is 11.1 Å². The van der Waals surface area contributed by atoms with Crippen LogP contribution in [0.4, 0.5) is 13.2 Å². The van der Waals surface area contributed by atoms with Crippen molar-refractivity contribution in [3.63, 3.8) is 0 Å². The largest absolute Gasteiger partial charge is 0.508 e. The molecule has 1 unspecified atom stereocenters. The number of halogens is 3. The number of benzene rings is 1. The highest BCUT2D eigenvalue weighted by Gasteiger charge is 2.57. The summed E-state index contributed by atoms with van der Waals surface area (Å²) in [5, 5.41) is 9.36. The van der Waals surface area contributed by atoms with E-state index in [9.17, 15) is 22.9 Å². The van der Waals surface area contributed by atoms with Crippen molar-refractivity contribution in [1.29, 1.82) is 0 Å². The predicted molar refractivity (Wildman–Crippen MR) is 55.0 cm³/mol. The van der Waals surface area contributed by atoms with E-state index in [0.717, 1.165) is 19.2 Å². The maximum Gasteiger partial charge on any atom is 0.386 e. The van der Waals surface area contributed by atoms with Crippen LogP contribution in [0.15, 0.2) is 18.2 Å². The fraction of sp³-hybridized carbons (Fsp3) is 0.300. The van der Waals surface area contributed by atoms with E-state index in [1.807, 2.05) is 0 Å². The van der Waals surface area contributed by atoms with Gasteiger partial charge in [0.1, 0.15) is 11.6 Å². The van der Waals surface area contributed by atoms with Crippen LogP contribution in [0.1, 0.15) is 11.6 Å². The van der Waals surface area contributed by atoms with Crippen molar-refractivity contribution >= 4 is 5.91 Å². The molecular formula is C10H9F3N3O3+. The molecule has 0 aromatic heterocycles. The van der Waals surface area contributed by atoms with Crippen molar-refractivity contribution < 1.29 is 27.9 Å². The SMILES string of the molecule is CN1C(=O)C(c2ccc(O)cc2F)[N+](=O)N1C(F)F. The Hall–Kier alpha value is -2.32. The molecule has 1 aromatic carbocycles. The van der Waals surface area contributed by atoms with E-state index in [1.165, 1.54) is 0 Å². The second-order valence-electron chi connectivity index (χ2n) is 3.87. The number of aromatic hydroxyl groups is 1. The molecule has 1 aromatic rings. The molecule has 1 aliphatic heterocycles. The number of nitroso groups, excluding NO2 is 1. The number of phenolic OH excluding ortho intramolecular Hbond substituents is 1. The van der Waals surface area contributed by atoms with Crippen LogP contribution in [0, 0.1) is 10.7 Å². The Labute approximate surface area is 105 Å². The minimum Gasteiger partial charge on any atom is -0.508 e. The lowest BCUT2D eigenvalue weighted by molar-refractivity contribution is -0.757. The number of rotatable bonds is 2. The Balaban J connectivity index is 2.45. The van der Waals surface area contributed by atoms with Gasteiger partial charge in [-0.05, 0) is 12.1 Å². The number of hydrogen-bond donors (Lipinski definition) is 1. The normalized spacial score (nSPS) is 19.7. The summed E-state index contributed by atoms with van der Waals surface area (Å²) in [5.41, 5.74) is -0.382. The molecule has 0 aliphatic carbocycles. The molecule has 0 radical (unpaired) electrons. The zero-order chi connectivity index (χ0) is 14.3. The topological polar surface area (TPSA) is 63.9 Å². The number of likely N-dealkylation sites (N-methyl/N-ethyl adjacent to an activating group) is 1. The van der Waals surface area contributed by atoms with Crippen LogP contribution in [0.25, 0.3) is 0 Å². The van der Waals surface area contributed by atoms with Gasteiger partial charge in [-0.2, -0.15) is 13.8 Å². The van der Waals surface area contributed by atoms with Gasteiger partial charge in [0.15, 0.2) is 4.87 Å². The molecular weight excluding hydrogens is 267 g/mol. The molecule has 1 heterocycles. The third-order valence-electron chi connectivity index (χ3n) is 2.74. The maximum absolute atomic E-state index is 13.6. The Kier molecular flexibility index (Phi) is 3.05. The Morgan fingerprint density at radius 3 is 2.53 bits per heavy atom. The quantitative estimate of drug-likeness (QED) is 0.650. The number of nitrogens with zero attached hydrogens (tertiary/aromatic N) is 3. The van der Waals surface area contributed by atoms with Crippen LogP contribution < -0.4 is 0 Å². The zero-order valence-corrected chi connectivity index (χ0v) is 9.63. The average molecular weight is 276 g/mol. The highest BCUT2D eigenvalue weighted by molar-refractivity contribution is 5.82. The summed E-state index contributed by atoms with van der Waals surface area (Å²) in [6, 6.07) is 1.02. The van der Waals surface area contributed by atoms with Gasteiger partial charge < -0.3 is 5.11 Å². The number of alkyl halides is 2. The smallest absolute Gasteiger partial charge is 0.386 e. The van der Waals surface area contributed by atoms with Crippen LogP contribution in [0.3, 0.4) is 0 Å². The van der Waals surface area contributed by atoms with Gasteiger partial charge in [0.2, 0.25) is 0 Å². The van der Waals surface area contributed by atoms with Crippen molar-refractivity contribution in [3.05, 3.63) is 34.5 Å². The van der Waals surface area contributed by atoms with Crippen LogP contribution in [-0.2, 0) is 4.79 Å². The van der Waals surface area contributed by atoms with E-state index in [2.05, 4.69) is 0 Å². The molecule has 1 amide bonds. The van der Waals surface area contributed by atoms with Gasteiger partial charge in [-0.25, -0.2) is 4.39 Å². The lowest BCUT2D eigenvalue weighted by atomic mass is 10.1. The molecule has 1 atom stereocenters. The van der Waals surface area contributed by atoms with Crippen LogP contribution in [0.2, 0.25) is 0 Å². The molecule has 102 valence electrons. The summed E-state index contributed by atoms with van der Waals surface area (Å²) in [6.07, 6.45) is 0. The first-order valence-electron chi connectivity index (χ1n) is 5.14. The van der Waals surface area contributed by atoms with Crippen LogP contribution >= 0.6 is 0 Å². The number of carbonyl (C=O) groups is 1. The minimum absolute atomic E-state index is 0.112.